The molecule has 0 spiro atoms. The molecule has 2 heterocycles. The van der Waals surface area contributed by atoms with Crippen molar-refractivity contribution in [2.24, 2.45) is 0 Å². The van der Waals surface area contributed by atoms with Crippen LogP contribution in [0.2, 0.25) is 0 Å². The number of aromatic nitrogens is 2. The summed E-state index contributed by atoms with van der Waals surface area (Å²) >= 11 is 0. The highest BCUT2D eigenvalue weighted by Crippen LogP contribution is 2.16. The minimum atomic E-state index is 0.0484. The van der Waals surface area contributed by atoms with Gasteiger partial charge in [-0.25, -0.2) is 0 Å². The Morgan fingerprint density at radius 2 is 2.04 bits per heavy atom. The van der Waals surface area contributed by atoms with Crippen LogP contribution in [-0.4, -0.2) is 40.1 Å². The maximum Gasteiger partial charge on any atom is 0.251 e. The zero-order valence-corrected chi connectivity index (χ0v) is 13.8. The van der Waals surface area contributed by atoms with E-state index >= 15 is 0 Å². The van der Waals surface area contributed by atoms with Gasteiger partial charge in [0.05, 0.1) is 6.20 Å². The van der Waals surface area contributed by atoms with Gasteiger partial charge in [0.2, 0.25) is 0 Å². The largest absolute Gasteiger partial charge is 0.349 e. The number of hydrogen-bond donors (Lipinski definition) is 2. The number of piperidine rings is 1. The van der Waals surface area contributed by atoms with Gasteiger partial charge in [0.25, 0.3) is 5.91 Å². The number of H-pyrrole nitrogens is 1. The number of aryl methyl sites for hydroxylation is 2. The summed E-state index contributed by atoms with van der Waals surface area (Å²) < 4.78 is 0. The number of rotatable bonds is 4. The number of nitrogens with zero attached hydrogens (tertiary/aromatic N) is 2. The van der Waals surface area contributed by atoms with Crippen LogP contribution in [0.5, 0.6) is 0 Å². The van der Waals surface area contributed by atoms with Crippen molar-refractivity contribution in [2.45, 2.75) is 39.3 Å². The quantitative estimate of drug-likeness (QED) is 0.911. The van der Waals surface area contributed by atoms with Crippen molar-refractivity contribution in [2.75, 3.05) is 13.1 Å². The molecule has 122 valence electrons. The Kier molecular flexibility index (Phi) is 4.76. The topological polar surface area (TPSA) is 61.0 Å². The monoisotopic (exact) mass is 312 g/mol. The maximum absolute atomic E-state index is 12.4. The second-order valence-electron chi connectivity index (χ2n) is 6.36. The van der Waals surface area contributed by atoms with E-state index in [0.29, 0.717) is 0 Å². The highest BCUT2D eigenvalue weighted by Gasteiger charge is 2.22. The second-order valence-corrected chi connectivity index (χ2v) is 6.36. The van der Waals surface area contributed by atoms with Crippen molar-refractivity contribution in [3.8, 4) is 0 Å². The van der Waals surface area contributed by atoms with Gasteiger partial charge in [-0.15, -0.1) is 0 Å². The molecule has 1 aromatic carbocycles. The Bertz CT molecular complexity index is 671. The molecule has 2 aromatic rings. The summed E-state index contributed by atoms with van der Waals surface area (Å²) in [5.74, 6) is 0.0484. The number of benzene rings is 1. The lowest BCUT2D eigenvalue weighted by atomic mass is 10.0. The SMILES string of the molecule is Cc1ccccc1C(=O)NC1CCN(Cc2cn[nH]c2C)CC1. The Balaban J connectivity index is 1.50. The first-order valence-corrected chi connectivity index (χ1v) is 8.21. The molecule has 5 heteroatoms. The molecule has 1 aliphatic rings. The van der Waals surface area contributed by atoms with Crippen LogP contribution in [-0.2, 0) is 6.54 Å². The lowest BCUT2D eigenvalue weighted by molar-refractivity contribution is 0.0908. The predicted octanol–water partition coefficient (Wildman–Crippen LogP) is 2.42. The Morgan fingerprint density at radius 1 is 1.30 bits per heavy atom. The third-order valence-corrected chi connectivity index (χ3v) is 4.64. The lowest BCUT2D eigenvalue weighted by Crippen LogP contribution is -2.44. The van der Waals surface area contributed by atoms with Gasteiger partial charge in [-0.05, 0) is 38.3 Å². The van der Waals surface area contributed by atoms with E-state index in [1.807, 2.05) is 37.4 Å². The molecule has 0 aliphatic carbocycles. The van der Waals surface area contributed by atoms with Crippen LogP contribution in [0.4, 0.5) is 0 Å². The first-order valence-electron chi connectivity index (χ1n) is 8.21. The van der Waals surface area contributed by atoms with Crippen molar-refractivity contribution in [1.29, 1.82) is 0 Å². The van der Waals surface area contributed by atoms with Gasteiger partial charge < -0.3 is 5.32 Å². The standard InChI is InChI=1S/C18H24N4O/c1-13-5-3-4-6-17(13)18(23)20-16-7-9-22(10-8-16)12-15-11-19-21-14(15)2/h3-6,11,16H,7-10,12H2,1-2H3,(H,19,21)(H,20,23). The van der Waals surface area contributed by atoms with Crippen LogP contribution in [0.15, 0.2) is 30.5 Å². The van der Waals surface area contributed by atoms with Gasteiger partial charge in [-0.3, -0.25) is 14.8 Å². The summed E-state index contributed by atoms with van der Waals surface area (Å²) in [6.07, 6.45) is 3.89. The van der Waals surface area contributed by atoms with Crippen LogP contribution in [0.1, 0.15) is 40.0 Å². The van der Waals surface area contributed by atoms with Crippen LogP contribution < -0.4 is 5.32 Å². The van der Waals surface area contributed by atoms with Gasteiger partial charge in [-0.2, -0.15) is 5.10 Å². The molecular weight excluding hydrogens is 288 g/mol. The van der Waals surface area contributed by atoms with E-state index in [1.165, 1.54) is 5.56 Å². The second kappa shape index (κ2) is 6.96. The summed E-state index contributed by atoms with van der Waals surface area (Å²) in [6, 6.07) is 8.01. The molecule has 0 saturated carbocycles. The van der Waals surface area contributed by atoms with Gasteiger partial charge >= 0.3 is 0 Å². The number of aromatic amines is 1. The minimum absolute atomic E-state index is 0.0484. The fraction of sp³-hybridized carbons (Fsp3) is 0.444. The summed E-state index contributed by atoms with van der Waals surface area (Å²) in [4.78, 5) is 14.8. The average Bonchev–Trinajstić information content (AvgIpc) is 2.95. The summed E-state index contributed by atoms with van der Waals surface area (Å²) in [5, 5.41) is 10.2. The molecule has 5 nitrogen and oxygen atoms in total. The van der Waals surface area contributed by atoms with Crippen molar-refractivity contribution in [3.63, 3.8) is 0 Å². The molecule has 0 unspecified atom stereocenters. The van der Waals surface area contributed by atoms with Crippen LogP contribution in [0.3, 0.4) is 0 Å². The first-order chi connectivity index (χ1) is 11.1. The molecule has 1 aromatic heterocycles. The molecule has 0 bridgehead atoms. The summed E-state index contributed by atoms with van der Waals surface area (Å²) in [5.41, 5.74) is 4.20. The number of carbonyl (C=O) groups is 1. The molecule has 1 saturated heterocycles. The summed E-state index contributed by atoms with van der Waals surface area (Å²) in [7, 11) is 0. The number of carbonyl (C=O) groups excluding carboxylic acids is 1. The lowest BCUT2D eigenvalue weighted by Gasteiger charge is -2.32. The number of amides is 1. The van der Waals surface area contributed by atoms with Crippen LogP contribution in [0.25, 0.3) is 0 Å². The Morgan fingerprint density at radius 3 is 2.70 bits per heavy atom. The Hall–Kier alpha value is -2.14. The molecule has 23 heavy (non-hydrogen) atoms. The van der Waals surface area contributed by atoms with Gasteiger partial charge in [0, 0.05) is 42.5 Å². The third kappa shape index (κ3) is 3.79. The smallest absolute Gasteiger partial charge is 0.251 e. The molecule has 0 radical (unpaired) electrons. The van der Waals surface area contributed by atoms with E-state index in [-0.39, 0.29) is 11.9 Å². The zero-order chi connectivity index (χ0) is 16.2. The predicted molar refractivity (Wildman–Crippen MR) is 90.3 cm³/mol. The Labute approximate surface area is 137 Å². The van der Waals surface area contributed by atoms with E-state index < -0.39 is 0 Å². The van der Waals surface area contributed by atoms with Crippen molar-refractivity contribution < 1.29 is 4.79 Å². The number of nitrogens with one attached hydrogen (secondary N) is 2. The molecule has 0 atom stereocenters. The normalized spacial score (nSPS) is 16.4. The summed E-state index contributed by atoms with van der Waals surface area (Å²) in [6.45, 7) is 6.97. The van der Waals surface area contributed by atoms with Crippen LogP contribution in [0, 0.1) is 13.8 Å². The zero-order valence-electron chi connectivity index (χ0n) is 13.8. The maximum atomic E-state index is 12.4. The third-order valence-electron chi connectivity index (χ3n) is 4.64. The number of likely N-dealkylation sites (tertiary alicyclic amines) is 1. The highest BCUT2D eigenvalue weighted by atomic mass is 16.1. The van der Waals surface area contributed by atoms with E-state index in [0.717, 1.165) is 49.3 Å². The molecular formula is C18H24N4O. The minimum Gasteiger partial charge on any atom is -0.349 e. The van der Waals surface area contributed by atoms with E-state index in [4.69, 9.17) is 0 Å². The molecule has 3 rings (SSSR count). The molecule has 1 aliphatic heterocycles. The van der Waals surface area contributed by atoms with E-state index in [1.54, 1.807) is 0 Å². The van der Waals surface area contributed by atoms with Crippen molar-refractivity contribution >= 4 is 5.91 Å². The molecule has 1 amide bonds. The first kappa shape index (κ1) is 15.7. The average molecular weight is 312 g/mol. The van der Waals surface area contributed by atoms with E-state index in [2.05, 4.69) is 27.3 Å². The fourth-order valence-corrected chi connectivity index (χ4v) is 3.10. The van der Waals surface area contributed by atoms with Gasteiger partial charge in [-0.1, -0.05) is 18.2 Å². The van der Waals surface area contributed by atoms with Crippen LogP contribution >= 0.6 is 0 Å². The fourth-order valence-electron chi connectivity index (χ4n) is 3.10. The van der Waals surface area contributed by atoms with Crippen molar-refractivity contribution in [1.82, 2.24) is 20.4 Å². The van der Waals surface area contributed by atoms with Gasteiger partial charge in [0.15, 0.2) is 0 Å². The van der Waals surface area contributed by atoms with Crippen molar-refractivity contribution in [3.05, 3.63) is 52.8 Å². The highest BCUT2D eigenvalue weighted by molar-refractivity contribution is 5.95. The van der Waals surface area contributed by atoms with E-state index in [9.17, 15) is 4.79 Å². The van der Waals surface area contributed by atoms with Gasteiger partial charge in [0.1, 0.15) is 0 Å². The molecule has 1 fully saturated rings. The molecule has 2 N–H and O–H groups in total. The number of hydrogen-bond acceptors (Lipinski definition) is 3.